The molecule has 0 aliphatic carbocycles. The Morgan fingerprint density at radius 2 is 1.11 bits per heavy atom. The van der Waals surface area contributed by atoms with Crippen LogP contribution in [0.1, 0.15) is 27.0 Å². The summed E-state index contributed by atoms with van der Waals surface area (Å²) in [7, 11) is -9.58. The van der Waals surface area contributed by atoms with Gasteiger partial charge in [-0.1, -0.05) is 30.4 Å². The molecule has 14 nitrogen and oxygen atoms in total. The van der Waals surface area contributed by atoms with E-state index in [1.54, 1.807) is 18.2 Å². The molecule has 0 aromatic heterocycles. The lowest BCUT2D eigenvalue weighted by Gasteiger charge is -2.07. The minimum Gasteiger partial charge on any atom is -0.478 e. The van der Waals surface area contributed by atoms with Gasteiger partial charge in [-0.3, -0.25) is 9.11 Å². The highest BCUT2D eigenvalue weighted by Gasteiger charge is 2.18. The summed E-state index contributed by atoms with van der Waals surface area (Å²) < 4.78 is 68.3. The van der Waals surface area contributed by atoms with Crippen molar-refractivity contribution in [3.05, 3.63) is 95.1 Å². The van der Waals surface area contributed by atoms with Gasteiger partial charge in [0.2, 0.25) is 0 Å². The highest BCUT2D eigenvalue weighted by Crippen LogP contribution is 2.31. The number of hydrogen-bond donors (Lipinski definition) is 5. The van der Waals surface area contributed by atoms with E-state index in [1.807, 2.05) is 6.92 Å². The highest BCUT2D eigenvalue weighted by atomic mass is 32.2. The minimum atomic E-state index is -4.82. The quantitative estimate of drug-likeness (QED) is 0.0589. The molecular formula is C28H24N6O8S2. The van der Waals surface area contributed by atoms with Crippen molar-refractivity contribution in [2.24, 2.45) is 20.5 Å². The van der Waals surface area contributed by atoms with E-state index in [1.165, 1.54) is 54.6 Å². The van der Waals surface area contributed by atoms with Gasteiger partial charge in [0.1, 0.15) is 21.2 Å². The summed E-state index contributed by atoms with van der Waals surface area (Å²) in [5.41, 5.74) is 13.3. The number of azo groups is 2. The van der Waals surface area contributed by atoms with Gasteiger partial charge in [0.15, 0.2) is 0 Å². The van der Waals surface area contributed by atoms with Crippen LogP contribution in [-0.4, -0.2) is 37.0 Å². The number of hydrogen-bond acceptors (Lipinski definition) is 11. The zero-order valence-corrected chi connectivity index (χ0v) is 24.4. The van der Waals surface area contributed by atoms with Crippen molar-refractivity contribution in [3.63, 3.8) is 0 Å². The number of rotatable bonds is 9. The Bertz CT molecular complexity index is 2090. The van der Waals surface area contributed by atoms with Gasteiger partial charge in [0.05, 0.1) is 28.3 Å². The van der Waals surface area contributed by atoms with Gasteiger partial charge in [-0.2, -0.15) is 27.1 Å². The molecule has 0 radical (unpaired) electrons. The van der Waals surface area contributed by atoms with Crippen LogP contribution in [0.2, 0.25) is 0 Å². The van der Waals surface area contributed by atoms with Crippen molar-refractivity contribution in [3.8, 4) is 0 Å². The molecule has 4 aromatic rings. The molecule has 0 aliphatic rings. The molecular weight excluding hydrogens is 612 g/mol. The monoisotopic (exact) mass is 636 g/mol. The molecule has 0 bridgehead atoms. The second-order valence-corrected chi connectivity index (χ2v) is 12.0. The van der Waals surface area contributed by atoms with Crippen LogP contribution in [-0.2, 0) is 20.2 Å². The second kappa shape index (κ2) is 12.5. The molecule has 4 aromatic carbocycles. The lowest BCUT2D eigenvalue weighted by Crippen LogP contribution is -2.01. The zero-order chi connectivity index (χ0) is 32.2. The molecule has 226 valence electrons. The summed E-state index contributed by atoms with van der Waals surface area (Å²) in [5.74, 6) is -1.21. The van der Waals surface area contributed by atoms with E-state index in [9.17, 15) is 30.7 Å². The first-order valence-corrected chi connectivity index (χ1v) is 15.2. The third-order valence-electron chi connectivity index (χ3n) is 6.00. The number of carbonyl (C=O) groups is 1. The number of nitrogens with zero attached hydrogens (tertiary/aromatic N) is 4. The van der Waals surface area contributed by atoms with Crippen molar-refractivity contribution in [2.75, 3.05) is 11.5 Å². The number of carboxylic acid groups (broad SMARTS) is 1. The van der Waals surface area contributed by atoms with E-state index >= 15 is 0 Å². The third-order valence-corrected chi connectivity index (χ3v) is 7.82. The molecule has 0 heterocycles. The van der Waals surface area contributed by atoms with Crippen LogP contribution in [0.5, 0.6) is 0 Å². The molecule has 44 heavy (non-hydrogen) atoms. The summed E-state index contributed by atoms with van der Waals surface area (Å²) in [6.07, 6.45) is 2.42. The third kappa shape index (κ3) is 7.75. The van der Waals surface area contributed by atoms with Gasteiger partial charge in [0.25, 0.3) is 20.2 Å². The topological polar surface area (TPSA) is 248 Å². The van der Waals surface area contributed by atoms with E-state index in [4.69, 9.17) is 16.6 Å². The molecule has 4 rings (SSSR count). The van der Waals surface area contributed by atoms with Crippen LogP contribution in [0.15, 0.2) is 103 Å². The van der Waals surface area contributed by atoms with Crippen LogP contribution in [0, 0.1) is 6.92 Å². The van der Waals surface area contributed by atoms with Gasteiger partial charge in [-0.05, 0) is 78.2 Å². The summed E-state index contributed by atoms with van der Waals surface area (Å²) >= 11 is 0. The number of benzene rings is 4. The van der Waals surface area contributed by atoms with Gasteiger partial charge >= 0.3 is 5.97 Å². The number of nitrogens with two attached hydrogens (primary N) is 2. The number of nitrogen functional groups attached to an aromatic ring is 2. The van der Waals surface area contributed by atoms with Crippen LogP contribution >= 0.6 is 0 Å². The van der Waals surface area contributed by atoms with Gasteiger partial charge in [0, 0.05) is 0 Å². The van der Waals surface area contributed by atoms with Crippen molar-refractivity contribution in [2.45, 2.75) is 16.7 Å². The largest absolute Gasteiger partial charge is 0.478 e. The van der Waals surface area contributed by atoms with Gasteiger partial charge < -0.3 is 16.6 Å². The normalized spacial score (nSPS) is 12.4. The fourth-order valence-electron chi connectivity index (χ4n) is 3.80. The lowest BCUT2D eigenvalue weighted by atomic mass is 10.1. The van der Waals surface area contributed by atoms with E-state index in [0.29, 0.717) is 11.4 Å². The van der Waals surface area contributed by atoms with Crippen LogP contribution in [0.3, 0.4) is 0 Å². The van der Waals surface area contributed by atoms with Crippen molar-refractivity contribution < 1.29 is 35.8 Å². The van der Waals surface area contributed by atoms with Crippen molar-refractivity contribution in [1.82, 2.24) is 0 Å². The standard InChI is InChI=1S/C28H24N6O8S2/c1-16-2-10-22(29)24(12-16)33-31-20-8-5-17(26(14-20)43(37,38)39)3-4-18-6-9-21(15-27(18)44(40,41)42)32-34-25-13-19(28(35)36)7-11-23(25)30/h2-15H,29-30H2,1H3,(H,35,36)(H,37,38,39)(H,40,41,42)/b4-3+,33-31?,34-32?. The first-order valence-electron chi connectivity index (χ1n) is 12.4. The Hall–Kier alpha value is -5.29. The number of aryl methyl sites for hydroxylation is 1. The van der Waals surface area contributed by atoms with E-state index in [2.05, 4.69) is 20.5 Å². The molecule has 0 atom stereocenters. The fourth-order valence-corrected chi connectivity index (χ4v) is 5.21. The second-order valence-electron chi connectivity index (χ2n) is 9.27. The first kappa shape index (κ1) is 31.6. The van der Waals surface area contributed by atoms with E-state index in [0.717, 1.165) is 17.7 Å². The maximum Gasteiger partial charge on any atom is 0.335 e. The molecule has 0 unspecified atom stereocenters. The molecule has 16 heteroatoms. The predicted molar refractivity (Wildman–Crippen MR) is 163 cm³/mol. The molecule has 0 saturated carbocycles. The average Bonchev–Trinajstić information content (AvgIpc) is 2.95. The van der Waals surface area contributed by atoms with Crippen molar-refractivity contribution >= 4 is 72.5 Å². The zero-order valence-electron chi connectivity index (χ0n) is 22.7. The molecule has 0 amide bonds. The summed E-state index contributed by atoms with van der Waals surface area (Å²) in [6, 6.07) is 16.3. The minimum absolute atomic E-state index is 0.0188. The fraction of sp³-hybridized carbons (Fsp3) is 0.0357. The smallest absolute Gasteiger partial charge is 0.335 e. The Morgan fingerprint density at radius 3 is 1.57 bits per heavy atom. The molecule has 0 spiro atoms. The van der Waals surface area contributed by atoms with E-state index in [-0.39, 0.29) is 39.4 Å². The highest BCUT2D eigenvalue weighted by molar-refractivity contribution is 7.86. The average molecular weight is 637 g/mol. The molecule has 0 aliphatic heterocycles. The Morgan fingerprint density at radius 1 is 0.659 bits per heavy atom. The van der Waals surface area contributed by atoms with E-state index < -0.39 is 36.0 Å². The van der Waals surface area contributed by atoms with Crippen LogP contribution in [0.25, 0.3) is 12.2 Å². The summed E-state index contributed by atoms with van der Waals surface area (Å²) in [4.78, 5) is 10.1. The molecule has 0 saturated heterocycles. The molecule has 0 fully saturated rings. The number of carboxylic acids is 1. The maximum absolute atomic E-state index is 12.2. The summed E-state index contributed by atoms with van der Waals surface area (Å²) in [6.45, 7) is 1.83. The molecule has 7 N–H and O–H groups in total. The Kier molecular flexibility index (Phi) is 9.00. The van der Waals surface area contributed by atoms with Crippen molar-refractivity contribution in [1.29, 1.82) is 0 Å². The SMILES string of the molecule is Cc1ccc(N)c(N=Nc2ccc(/C=C/c3ccc(N=Nc4cc(C(=O)O)ccc4N)cc3S(=O)(=O)O)c(S(=O)(=O)O)c2)c1. The van der Waals surface area contributed by atoms with Crippen LogP contribution in [0.4, 0.5) is 34.1 Å². The predicted octanol–water partition coefficient (Wildman–Crippen LogP) is 6.35. The number of aromatic carboxylic acids is 1. The van der Waals surface area contributed by atoms with Gasteiger partial charge in [-0.25, -0.2) is 4.79 Å². The Labute approximate surface area is 251 Å². The first-order chi connectivity index (χ1) is 20.6. The number of anilines is 2. The van der Waals surface area contributed by atoms with Crippen LogP contribution < -0.4 is 11.5 Å². The lowest BCUT2D eigenvalue weighted by molar-refractivity contribution is 0.0697. The maximum atomic E-state index is 12.2. The Balaban J connectivity index is 1.68. The summed E-state index contributed by atoms with van der Waals surface area (Å²) in [5, 5.41) is 25.0. The van der Waals surface area contributed by atoms with Gasteiger partial charge in [-0.15, -0.1) is 10.2 Å².